The molecule has 0 spiro atoms. The highest BCUT2D eigenvalue weighted by atomic mass is 79.9. The van der Waals surface area contributed by atoms with Crippen LogP contribution in [0.4, 0.5) is 11.4 Å². The summed E-state index contributed by atoms with van der Waals surface area (Å²) >= 11 is 3.42. The maximum Gasteiger partial charge on any atom is 0.337 e. The molecule has 2 heterocycles. The largest absolute Gasteiger partial charge is 0.354 e. The summed E-state index contributed by atoms with van der Waals surface area (Å²) in [5, 5.41) is 3.59. The fraction of sp³-hybridized carbons (Fsp3) is 0.208. The zero-order valence-corrected chi connectivity index (χ0v) is 19.2. The summed E-state index contributed by atoms with van der Waals surface area (Å²) in [6.07, 6.45) is 1.57. The molecular formula is C24H21BrN4O3. The zero-order valence-electron chi connectivity index (χ0n) is 17.6. The van der Waals surface area contributed by atoms with E-state index >= 15 is 0 Å². The molecule has 8 heteroatoms. The molecule has 1 fully saturated rings. The number of rotatable bonds is 4. The summed E-state index contributed by atoms with van der Waals surface area (Å²) in [4.78, 5) is 40.4. The van der Waals surface area contributed by atoms with Gasteiger partial charge in [-0.05, 0) is 56.2 Å². The highest BCUT2D eigenvalue weighted by Gasteiger charge is 2.31. The molecule has 1 aliphatic rings. The Morgan fingerprint density at radius 2 is 1.59 bits per heavy atom. The molecule has 2 aromatic carbocycles. The Labute approximate surface area is 191 Å². The number of halogens is 1. The van der Waals surface area contributed by atoms with E-state index in [2.05, 4.69) is 21.2 Å². The van der Waals surface area contributed by atoms with Crippen LogP contribution in [0.3, 0.4) is 0 Å². The van der Waals surface area contributed by atoms with Crippen LogP contribution in [-0.2, 0) is 7.05 Å². The molecule has 0 saturated heterocycles. The molecule has 5 rings (SSSR count). The van der Waals surface area contributed by atoms with Crippen molar-refractivity contribution in [2.45, 2.75) is 25.8 Å². The molecule has 0 bridgehead atoms. The van der Waals surface area contributed by atoms with Crippen molar-refractivity contribution in [3.05, 3.63) is 95.8 Å². The van der Waals surface area contributed by atoms with Crippen LogP contribution in [0, 0.1) is 6.92 Å². The first kappa shape index (κ1) is 20.5. The maximum atomic E-state index is 13.7. The maximum absolute atomic E-state index is 13.7. The summed E-state index contributed by atoms with van der Waals surface area (Å²) in [5.41, 5.74) is 1.38. The van der Waals surface area contributed by atoms with E-state index in [1.807, 2.05) is 42.5 Å². The quantitative estimate of drug-likeness (QED) is 0.466. The number of nitrogens with one attached hydrogen (secondary N) is 1. The van der Waals surface area contributed by atoms with Crippen molar-refractivity contribution in [1.29, 1.82) is 0 Å². The van der Waals surface area contributed by atoms with Gasteiger partial charge in [0.2, 0.25) is 0 Å². The predicted molar refractivity (Wildman–Crippen MR) is 129 cm³/mol. The Bertz CT molecular complexity index is 1530. The third kappa shape index (κ3) is 3.22. The van der Waals surface area contributed by atoms with Crippen molar-refractivity contribution in [1.82, 2.24) is 13.7 Å². The second kappa shape index (κ2) is 7.63. The molecule has 2 aromatic heterocycles. The number of para-hydroxylation sites is 1. The van der Waals surface area contributed by atoms with E-state index in [-0.39, 0.29) is 22.8 Å². The van der Waals surface area contributed by atoms with Gasteiger partial charge in [-0.3, -0.25) is 18.7 Å². The second-order valence-electron chi connectivity index (χ2n) is 8.05. The van der Waals surface area contributed by atoms with Crippen molar-refractivity contribution in [3.63, 3.8) is 0 Å². The lowest BCUT2D eigenvalue weighted by molar-refractivity contribution is 0.637. The average molecular weight is 493 g/mol. The van der Waals surface area contributed by atoms with E-state index in [4.69, 9.17) is 0 Å². The summed E-state index contributed by atoms with van der Waals surface area (Å²) in [5.74, 6) is 0. The van der Waals surface area contributed by atoms with E-state index < -0.39 is 5.69 Å². The van der Waals surface area contributed by atoms with Crippen LogP contribution in [0.5, 0.6) is 0 Å². The molecule has 0 aliphatic heterocycles. The number of nitrogens with zero attached hydrogens (tertiary/aromatic N) is 3. The summed E-state index contributed by atoms with van der Waals surface area (Å²) < 4.78 is 5.07. The Balaban J connectivity index is 1.96. The minimum absolute atomic E-state index is 0.122. The normalized spacial score (nSPS) is 13.5. The number of aromatic nitrogens is 3. The molecule has 1 N–H and O–H groups in total. The number of hydrogen-bond donors (Lipinski definition) is 1. The van der Waals surface area contributed by atoms with Gasteiger partial charge in [0, 0.05) is 28.8 Å². The van der Waals surface area contributed by atoms with Gasteiger partial charge < -0.3 is 5.32 Å². The van der Waals surface area contributed by atoms with Gasteiger partial charge in [0.25, 0.3) is 11.1 Å². The van der Waals surface area contributed by atoms with Crippen LogP contribution in [0.25, 0.3) is 16.7 Å². The average Bonchev–Trinajstić information content (AvgIpc) is 3.62. The zero-order chi connectivity index (χ0) is 22.6. The smallest absolute Gasteiger partial charge is 0.337 e. The molecule has 7 nitrogen and oxygen atoms in total. The number of benzene rings is 2. The Kier molecular flexibility index (Phi) is 4.89. The number of anilines is 2. The van der Waals surface area contributed by atoms with Gasteiger partial charge in [-0.1, -0.05) is 34.1 Å². The first-order valence-corrected chi connectivity index (χ1v) is 11.2. The van der Waals surface area contributed by atoms with Gasteiger partial charge >= 0.3 is 5.69 Å². The van der Waals surface area contributed by atoms with E-state index in [0.29, 0.717) is 22.3 Å². The van der Waals surface area contributed by atoms with E-state index in [9.17, 15) is 14.4 Å². The molecule has 0 unspecified atom stereocenters. The first-order chi connectivity index (χ1) is 15.4. The van der Waals surface area contributed by atoms with Crippen LogP contribution in [0.1, 0.15) is 24.4 Å². The van der Waals surface area contributed by atoms with Crippen molar-refractivity contribution < 1.29 is 0 Å². The summed E-state index contributed by atoms with van der Waals surface area (Å²) in [6.45, 7) is 1.70. The Morgan fingerprint density at radius 1 is 0.938 bits per heavy atom. The highest BCUT2D eigenvalue weighted by molar-refractivity contribution is 9.10. The third-order valence-corrected chi connectivity index (χ3v) is 6.40. The second-order valence-corrected chi connectivity index (χ2v) is 8.97. The molecule has 4 aromatic rings. The third-order valence-electron chi connectivity index (χ3n) is 5.87. The van der Waals surface area contributed by atoms with Crippen LogP contribution < -0.4 is 22.1 Å². The van der Waals surface area contributed by atoms with Crippen molar-refractivity contribution in [2.75, 3.05) is 5.32 Å². The molecule has 0 amide bonds. The molecule has 1 saturated carbocycles. The van der Waals surface area contributed by atoms with E-state index in [1.54, 1.807) is 26.1 Å². The molecule has 32 heavy (non-hydrogen) atoms. The fourth-order valence-corrected chi connectivity index (χ4v) is 4.36. The van der Waals surface area contributed by atoms with Gasteiger partial charge in [-0.25, -0.2) is 9.36 Å². The van der Waals surface area contributed by atoms with Gasteiger partial charge in [0.1, 0.15) is 11.0 Å². The number of hydrogen-bond acceptors (Lipinski definition) is 4. The van der Waals surface area contributed by atoms with Crippen molar-refractivity contribution in [3.8, 4) is 5.69 Å². The molecule has 1 aliphatic carbocycles. The molecule has 0 radical (unpaired) electrons. The Morgan fingerprint density at radius 3 is 2.22 bits per heavy atom. The van der Waals surface area contributed by atoms with E-state index in [1.165, 1.54) is 13.7 Å². The van der Waals surface area contributed by atoms with Crippen molar-refractivity contribution >= 4 is 38.3 Å². The molecule has 162 valence electrons. The van der Waals surface area contributed by atoms with Crippen LogP contribution >= 0.6 is 15.9 Å². The van der Waals surface area contributed by atoms with Crippen LogP contribution in [-0.4, -0.2) is 13.7 Å². The van der Waals surface area contributed by atoms with Gasteiger partial charge in [-0.2, -0.15) is 0 Å². The topological polar surface area (TPSA) is 78.0 Å². The van der Waals surface area contributed by atoms with E-state index in [0.717, 1.165) is 23.0 Å². The predicted octanol–water partition coefficient (Wildman–Crippen LogP) is 4.00. The first-order valence-electron chi connectivity index (χ1n) is 10.4. The van der Waals surface area contributed by atoms with Gasteiger partial charge in [0.05, 0.1) is 11.4 Å². The SMILES string of the molecule is Cc1c(Nc2ccccc2)c2c(=O)n(C3CC3)c(=O)n(-c3ccc(Br)cc3)c2n(C)c1=O. The minimum atomic E-state index is -0.433. The fourth-order valence-electron chi connectivity index (χ4n) is 4.09. The van der Waals surface area contributed by atoms with Crippen LogP contribution in [0.2, 0.25) is 0 Å². The lowest BCUT2D eigenvalue weighted by Crippen LogP contribution is -2.41. The summed E-state index contributed by atoms with van der Waals surface area (Å²) in [6, 6.07) is 16.5. The minimum Gasteiger partial charge on any atom is -0.354 e. The van der Waals surface area contributed by atoms with Gasteiger partial charge in [-0.15, -0.1) is 0 Å². The molecule has 0 atom stereocenters. The standard InChI is InChI=1S/C24H21BrN4O3/c1-14-20(26-16-6-4-3-5-7-16)19-21(27(2)22(14)30)28(17-10-8-15(25)9-11-17)24(32)29(23(19)31)18-12-13-18/h3-11,18,26H,12-13H2,1-2H3. The van der Waals surface area contributed by atoms with Crippen molar-refractivity contribution in [2.24, 2.45) is 7.05 Å². The van der Waals surface area contributed by atoms with Gasteiger partial charge in [0.15, 0.2) is 0 Å². The number of fused-ring (bicyclic) bond motifs is 1. The highest BCUT2D eigenvalue weighted by Crippen LogP contribution is 2.34. The number of aryl methyl sites for hydroxylation is 1. The molecular weight excluding hydrogens is 472 g/mol. The lowest BCUT2D eigenvalue weighted by atomic mass is 10.1. The summed E-state index contributed by atoms with van der Waals surface area (Å²) in [7, 11) is 1.60. The van der Waals surface area contributed by atoms with Crippen LogP contribution in [0.15, 0.2) is 73.5 Å². The number of pyridine rings is 1. The Hall–Kier alpha value is -3.39. The monoisotopic (exact) mass is 492 g/mol. The lowest BCUT2D eigenvalue weighted by Gasteiger charge is -2.20.